The maximum atomic E-state index is 11.4. The maximum absolute atomic E-state index is 11.4. The lowest BCUT2D eigenvalue weighted by Crippen LogP contribution is -2.09. The summed E-state index contributed by atoms with van der Waals surface area (Å²) >= 11 is 0. The number of benzene rings is 2. The molecule has 3 nitrogen and oxygen atoms in total. The second-order valence-corrected chi connectivity index (χ2v) is 6.96. The molecule has 0 aromatic heterocycles. The minimum absolute atomic E-state index is 0.122. The molecule has 2 aromatic rings. The molecule has 1 N–H and O–H groups in total. The van der Waals surface area contributed by atoms with Crippen LogP contribution in [0.5, 0.6) is 5.75 Å². The van der Waals surface area contributed by atoms with Crippen LogP contribution < -0.4 is 10.1 Å². The molecule has 0 spiro atoms. The molecule has 0 fully saturated rings. The molecule has 2 atom stereocenters. The molecule has 0 saturated heterocycles. The van der Waals surface area contributed by atoms with Crippen molar-refractivity contribution in [2.45, 2.75) is 25.6 Å². The van der Waals surface area contributed by atoms with Gasteiger partial charge in [0.1, 0.15) is 5.75 Å². The van der Waals surface area contributed by atoms with Crippen LogP contribution in [-0.4, -0.2) is 17.6 Å². The third-order valence-electron chi connectivity index (χ3n) is 3.53. The molecule has 118 valence electrons. The Balaban J connectivity index is 2.20. The summed E-state index contributed by atoms with van der Waals surface area (Å²) in [6.45, 7) is 4.19. The number of hydrogen-bond acceptors (Lipinski definition) is 3. The van der Waals surface area contributed by atoms with Gasteiger partial charge in [-0.1, -0.05) is 29.8 Å². The molecular weight excluding hydrogens is 294 g/mol. The van der Waals surface area contributed by atoms with Crippen molar-refractivity contribution in [3.8, 4) is 5.75 Å². The van der Waals surface area contributed by atoms with Gasteiger partial charge in [-0.25, -0.2) is 0 Å². The molecule has 0 aliphatic rings. The van der Waals surface area contributed by atoms with Crippen LogP contribution in [0.2, 0.25) is 0 Å². The fourth-order valence-electron chi connectivity index (χ4n) is 2.51. The molecule has 0 aliphatic carbocycles. The average molecular weight is 317 g/mol. The zero-order valence-electron chi connectivity index (χ0n) is 13.6. The van der Waals surface area contributed by atoms with Gasteiger partial charge in [0, 0.05) is 34.1 Å². The molecule has 0 bridgehead atoms. The maximum Gasteiger partial charge on any atom is 0.124 e. The average Bonchev–Trinajstić information content (AvgIpc) is 2.46. The van der Waals surface area contributed by atoms with Crippen LogP contribution in [0, 0.1) is 6.92 Å². The zero-order chi connectivity index (χ0) is 16.1. The third kappa shape index (κ3) is 4.34. The second kappa shape index (κ2) is 7.45. The fraction of sp³-hybridized carbons (Fsp3) is 0.333. The smallest absolute Gasteiger partial charge is 0.124 e. The molecule has 4 heteroatoms. The quantitative estimate of drug-likeness (QED) is 0.873. The summed E-state index contributed by atoms with van der Waals surface area (Å²) in [4.78, 5) is 0. The van der Waals surface area contributed by atoms with E-state index in [1.54, 1.807) is 13.4 Å². The number of hydrogen-bond donors (Lipinski definition) is 1. The van der Waals surface area contributed by atoms with E-state index >= 15 is 0 Å². The van der Waals surface area contributed by atoms with E-state index in [1.807, 2.05) is 30.3 Å². The molecule has 2 rings (SSSR count). The molecule has 0 saturated carbocycles. The summed E-state index contributed by atoms with van der Waals surface area (Å²) < 4.78 is 16.8. The van der Waals surface area contributed by atoms with E-state index in [1.165, 1.54) is 5.56 Å². The Morgan fingerprint density at radius 2 is 2.00 bits per heavy atom. The van der Waals surface area contributed by atoms with E-state index in [2.05, 4.69) is 31.3 Å². The van der Waals surface area contributed by atoms with E-state index in [9.17, 15) is 4.21 Å². The Kier molecular flexibility index (Phi) is 5.61. The summed E-state index contributed by atoms with van der Waals surface area (Å²) in [6, 6.07) is 14.4. The minimum atomic E-state index is -0.829. The number of ether oxygens (including phenoxy) is 1. The standard InChI is InChI=1S/C18H23NO2S/c1-13-8-9-18(21-3)17(10-13)14(2)19-16-7-5-6-15(11-16)12-22(4)20/h5-11,14,19H,12H2,1-4H3/t14-,22+/m1/s1. The van der Waals surface area contributed by atoms with Crippen LogP contribution in [0.25, 0.3) is 0 Å². The predicted molar refractivity (Wildman–Crippen MR) is 94.0 cm³/mol. The minimum Gasteiger partial charge on any atom is -0.496 e. The lowest BCUT2D eigenvalue weighted by atomic mass is 10.0. The zero-order valence-corrected chi connectivity index (χ0v) is 14.4. The SMILES string of the molecule is COc1ccc(C)cc1[C@@H](C)Nc1cccc(C[S@](C)=O)c1. The van der Waals surface area contributed by atoms with Crippen molar-refractivity contribution >= 4 is 16.5 Å². The highest BCUT2D eigenvalue weighted by Gasteiger charge is 2.12. The van der Waals surface area contributed by atoms with Gasteiger partial charge in [0.15, 0.2) is 0 Å². The van der Waals surface area contributed by atoms with Crippen LogP contribution in [-0.2, 0) is 16.6 Å². The van der Waals surface area contributed by atoms with Gasteiger partial charge in [-0.2, -0.15) is 0 Å². The lowest BCUT2D eigenvalue weighted by molar-refractivity contribution is 0.408. The first-order chi connectivity index (χ1) is 10.5. The van der Waals surface area contributed by atoms with E-state index < -0.39 is 10.8 Å². The predicted octanol–water partition coefficient (Wildman–Crippen LogP) is 4.06. The van der Waals surface area contributed by atoms with Crippen LogP contribution in [0.3, 0.4) is 0 Å². The highest BCUT2D eigenvalue weighted by Crippen LogP contribution is 2.29. The number of aryl methyl sites for hydroxylation is 1. The van der Waals surface area contributed by atoms with Crippen molar-refractivity contribution in [2.24, 2.45) is 0 Å². The van der Waals surface area contributed by atoms with Crippen LogP contribution in [0.15, 0.2) is 42.5 Å². The summed E-state index contributed by atoms with van der Waals surface area (Å²) in [6.07, 6.45) is 1.72. The highest BCUT2D eigenvalue weighted by atomic mass is 32.2. The van der Waals surface area contributed by atoms with E-state index in [-0.39, 0.29) is 6.04 Å². The Hall–Kier alpha value is -1.81. The normalized spacial score (nSPS) is 13.5. The molecule has 0 amide bonds. The van der Waals surface area contributed by atoms with Crippen molar-refractivity contribution in [3.63, 3.8) is 0 Å². The van der Waals surface area contributed by atoms with Gasteiger partial charge < -0.3 is 10.1 Å². The lowest BCUT2D eigenvalue weighted by Gasteiger charge is -2.19. The van der Waals surface area contributed by atoms with Crippen LogP contribution in [0.1, 0.15) is 29.7 Å². The molecule has 0 aliphatic heterocycles. The molecule has 0 radical (unpaired) electrons. The van der Waals surface area contributed by atoms with Crippen LogP contribution >= 0.6 is 0 Å². The van der Waals surface area contributed by atoms with Crippen molar-refractivity contribution in [2.75, 3.05) is 18.7 Å². The van der Waals surface area contributed by atoms with Crippen molar-refractivity contribution < 1.29 is 8.95 Å². The van der Waals surface area contributed by atoms with Crippen LogP contribution in [0.4, 0.5) is 5.69 Å². The monoisotopic (exact) mass is 317 g/mol. The number of methoxy groups -OCH3 is 1. The number of rotatable bonds is 6. The summed E-state index contributed by atoms with van der Waals surface area (Å²) in [5.74, 6) is 1.47. The molecule has 0 unspecified atom stereocenters. The highest BCUT2D eigenvalue weighted by molar-refractivity contribution is 7.83. The van der Waals surface area contributed by atoms with Gasteiger partial charge in [0.2, 0.25) is 0 Å². The molecule has 0 heterocycles. The van der Waals surface area contributed by atoms with Crippen molar-refractivity contribution in [1.29, 1.82) is 0 Å². The third-order valence-corrected chi connectivity index (χ3v) is 4.27. The summed E-state index contributed by atoms with van der Waals surface area (Å²) in [5, 5.41) is 3.49. The molecular formula is C18H23NO2S. The Labute approximate surface area is 135 Å². The summed E-state index contributed by atoms with van der Waals surface area (Å²) in [5.41, 5.74) is 4.44. The van der Waals surface area contributed by atoms with Gasteiger partial charge in [0.25, 0.3) is 0 Å². The van der Waals surface area contributed by atoms with Gasteiger partial charge in [-0.3, -0.25) is 4.21 Å². The second-order valence-electron chi connectivity index (χ2n) is 5.53. The van der Waals surface area contributed by atoms with E-state index in [0.717, 1.165) is 22.6 Å². The first kappa shape index (κ1) is 16.6. The van der Waals surface area contributed by atoms with Gasteiger partial charge in [-0.05, 0) is 37.6 Å². The Bertz CT molecular complexity index is 670. The molecule has 22 heavy (non-hydrogen) atoms. The largest absolute Gasteiger partial charge is 0.496 e. The number of anilines is 1. The van der Waals surface area contributed by atoms with Gasteiger partial charge in [-0.15, -0.1) is 0 Å². The first-order valence-corrected chi connectivity index (χ1v) is 9.02. The first-order valence-electron chi connectivity index (χ1n) is 7.29. The van der Waals surface area contributed by atoms with E-state index in [4.69, 9.17) is 4.74 Å². The summed E-state index contributed by atoms with van der Waals surface area (Å²) in [7, 11) is 0.863. The molecule has 2 aromatic carbocycles. The van der Waals surface area contributed by atoms with E-state index in [0.29, 0.717) is 5.75 Å². The Morgan fingerprint density at radius 3 is 2.68 bits per heavy atom. The van der Waals surface area contributed by atoms with Crippen molar-refractivity contribution in [3.05, 3.63) is 59.2 Å². The van der Waals surface area contributed by atoms with Gasteiger partial charge in [0.05, 0.1) is 13.2 Å². The number of nitrogens with one attached hydrogen (secondary N) is 1. The van der Waals surface area contributed by atoms with Gasteiger partial charge >= 0.3 is 0 Å². The Morgan fingerprint density at radius 1 is 1.23 bits per heavy atom. The van der Waals surface area contributed by atoms with Crippen molar-refractivity contribution in [1.82, 2.24) is 0 Å². The topological polar surface area (TPSA) is 38.3 Å². The fourth-order valence-corrected chi connectivity index (χ4v) is 3.15.